The Hall–Kier alpha value is -1.73. The van der Waals surface area contributed by atoms with E-state index < -0.39 is 9.84 Å². The molecule has 2 aromatic rings. The van der Waals surface area contributed by atoms with E-state index in [2.05, 4.69) is 9.97 Å². The van der Waals surface area contributed by atoms with E-state index in [1.54, 1.807) is 12.1 Å². The topological polar surface area (TPSA) is 83.4 Å². The molecule has 0 spiro atoms. The maximum Gasteiger partial charge on any atom is 0.175 e. The first-order valence-corrected chi connectivity index (χ1v) is 8.17. The highest BCUT2D eigenvalue weighted by Crippen LogP contribution is 2.25. The minimum Gasteiger partial charge on any atom is -0.395 e. The zero-order valence-corrected chi connectivity index (χ0v) is 12.3. The van der Waals surface area contributed by atoms with Crippen molar-refractivity contribution >= 4 is 26.6 Å². The highest BCUT2D eigenvalue weighted by molar-refractivity contribution is 7.90. The minimum absolute atomic E-state index is 0.00506. The molecule has 0 aliphatic carbocycles. The number of aromatic nitrogens is 2. The van der Waals surface area contributed by atoms with Gasteiger partial charge in [-0.15, -0.1) is 0 Å². The molecule has 0 saturated carbocycles. The second-order valence-corrected chi connectivity index (χ2v) is 6.47. The summed E-state index contributed by atoms with van der Waals surface area (Å²) in [4.78, 5) is 10.5. The third-order valence-electron chi connectivity index (χ3n) is 3.07. The molecule has 0 saturated heterocycles. The average Bonchev–Trinajstić information content (AvgIpc) is 2.42. The van der Waals surface area contributed by atoms with Crippen molar-refractivity contribution in [1.29, 1.82) is 0 Å². The Kier molecular flexibility index (Phi) is 4.20. The van der Waals surface area contributed by atoms with Gasteiger partial charge in [0.25, 0.3) is 0 Å². The maximum absolute atomic E-state index is 11.7. The van der Waals surface area contributed by atoms with E-state index in [0.717, 1.165) is 0 Å². The summed E-state index contributed by atoms with van der Waals surface area (Å²) < 4.78 is 23.3. The molecule has 0 unspecified atom stereocenters. The Labute approximate surface area is 118 Å². The van der Waals surface area contributed by atoms with Crippen LogP contribution in [0.4, 0.5) is 5.82 Å². The molecular weight excluding hydrogens is 278 g/mol. The lowest BCUT2D eigenvalue weighted by atomic mass is 10.2. The van der Waals surface area contributed by atoms with Crippen LogP contribution in [0, 0.1) is 0 Å². The van der Waals surface area contributed by atoms with Crippen molar-refractivity contribution in [2.75, 3.05) is 30.9 Å². The molecule has 0 fully saturated rings. The van der Waals surface area contributed by atoms with Gasteiger partial charge in [-0.1, -0.05) is 0 Å². The number of anilines is 1. The highest BCUT2D eigenvalue weighted by atomic mass is 32.2. The van der Waals surface area contributed by atoms with Gasteiger partial charge in [-0.25, -0.2) is 18.4 Å². The lowest BCUT2D eigenvalue weighted by Gasteiger charge is -2.22. The van der Waals surface area contributed by atoms with Crippen molar-refractivity contribution in [2.24, 2.45) is 0 Å². The first-order chi connectivity index (χ1) is 9.47. The van der Waals surface area contributed by atoms with E-state index in [1.165, 1.54) is 18.6 Å². The quantitative estimate of drug-likeness (QED) is 0.880. The first-order valence-electron chi connectivity index (χ1n) is 6.28. The molecule has 0 aliphatic rings. The second-order valence-electron chi connectivity index (χ2n) is 4.45. The van der Waals surface area contributed by atoms with Crippen LogP contribution in [0.25, 0.3) is 10.9 Å². The van der Waals surface area contributed by atoms with E-state index in [4.69, 9.17) is 5.11 Å². The van der Waals surface area contributed by atoms with E-state index in [0.29, 0.717) is 29.8 Å². The SMILES string of the molecule is CCN(CCO)c1ncnc2ccc(S(C)(=O)=O)cc12. The van der Waals surface area contributed by atoms with E-state index in [-0.39, 0.29) is 11.5 Å². The van der Waals surface area contributed by atoms with Gasteiger partial charge < -0.3 is 10.0 Å². The fraction of sp³-hybridized carbons (Fsp3) is 0.385. The number of fused-ring (bicyclic) bond motifs is 1. The van der Waals surface area contributed by atoms with Crippen LogP contribution in [0.5, 0.6) is 0 Å². The molecule has 108 valence electrons. The summed E-state index contributed by atoms with van der Waals surface area (Å²) in [5, 5.41) is 9.78. The molecule has 1 aromatic carbocycles. The minimum atomic E-state index is -3.28. The van der Waals surface area contributed by atoms with Crippen molar-refractivity contribution in [3.05, 3.63) is 24.5 Å². The predicted molar refractivity (Wildman–Crippen MR) is 77.6 cm³/mol. The van der Waals surface area contributed by atoms with E-state index >= 15 is 0 Å². The van der Waals surface area contributed by atoms with Gasteiger partial charge in [-0.05, 0) is 25.1 Å². The highest BCUT2D eigenvalue weighted by Gasteiger charge is 2.14. The molecule has 0 aliphatic heterocycles. The van der Waals surface area contributed by atoms with Gasteiger partial charge in [0.1, 0.15) is 12.1 Å². The monoisotopic (exact) mass is 295 g/mol. The fourth-order valence-corrected chi connectivity index (χ4v) is 2.69. The number of aliphatic hydroxyl groups is 1. The van der Waals surface area contributed by atoms with Crippen molar-refractivity contribution < 1.29 is 13.5 Å². The van der Waals surface area contributed by atoms with E-state index in [9.17, 15) is 8.42 Å². The van der Waals surface area contributed by atoms with Crippen LogP contribution in [0.15, 0.2) is 29.4 Å². The van der Waals surface area contributed by atoms with Gasteiger partial charge in [-0.2, -0.15) is 0 Å². The van der Waals surface area contributed by atoms with Gasteiger partial charge in [0, 0.05) is 24.7 Å². The third-order valence-corrected chi connectivity index (χ3v) is 4.18. The van der Waals surface area contributed by atoms with Crippen LogP contribution in [0.1, 0.15) is 6.92 Å². The van der Waals surface area contributed by atoms with Gasteiger partial charge >= 0.3 is 0 Å². The van der Waals surface area contributed by atoms with Crippen LogP contribution in [-0.4, -0.2) is 49.4 Å². The Balaban J connectivity index is 2.65. The van der Waals surface area contributed by atoms with Gasteiger partial charge in [0.15, 0.2) is 9.84 Å². The molecule has 20 heavy (non-hydrogen) atoms. The summed E-state index contributed by atoms with van der Waals surface area (Å²) >= 11 is 0. The number of hydrogen-bond donors (Lipinski definition) is 1. The number of hydrogen-bond acceptors (Lipinski definition) is 6. The molecule has 0 amide bonds. The third kappa shape index (κ3) is 2.88. The largest absolute Gasteiger partial charge is 0.395 e. The normalized spacial score (nSPS) is 11.8. The Bertz CT molecular complexity index is 716. The molecule has 0 atom stereocenters. The number of likely N-dealkylation sites (N-methyl/N-ethyl adjacent to an activating group) is 1. The molecule has 7 heteroatoms. The lowest BCUT2D eigenvalue weighted by Crippen LogP contribution is -2.27. The molecule has 0 radical (unpaired) electrons. The standard InChI is InChI=1S/C13H17N3O3S/c1-3-16(6-7-17)13-11-8-10(20(2,18)19)4-5-12(11)14-9-15-13/h4-5,8-9,17H,3,6-7H2,1-2H3. The predicted octanol–water partition coefficient (Wildman–Crippen LogP) is 0.852. The molecular formula is C13H17N3O3S. The summed E-state index contributed by atoms with van der Waals surface area (Å²) in [6.45, 7) is 3.05. The van der Waals surface area contributed by atoms with Gasteiger partial charge in [0.2, 0.25) is 0 Å². The average molecular weight is 295 g/mol. The van der Waals surface area contributed by atoms with Crippen LogP contribution in [0.3, 0.4) is 0 Å². The Morgan fingerprint density at radius 1 is 1.30 bits per heavy atom. The summed E-state index contributed by atoms with van der Waals surface area (Å²) in [7, 11) is -3.28. The van der Waals surface area contributed by atoms with Gasteiger partial charge in [0.05, 0.1) is 17.0 Å². The molecule has 1 heterocycles. The molecule has 2 rings (SSSR count). The zero-order valence-electron chi connectivity index (χ0n) is 11.4. The summed E-state index contributed by atoms with van der Waals surface area (Å²) in [5.74, 6) is 0.636. The number of nitrogens with zero attached hydrogens (tertiary/aromatic N) is 3. The maximum atomic E-state index is 11.7. The fourth-order valence-electron chi connectivity index (χ4n) is 2.04. The Morgan fingerprint density at radius 2 is 2.05 bits per heavy atom. The van der Waals surface area contributed by atoms with Crippen molar-refractivity contribution in [2.45, 2.75) is 11.8 Å². The number of sulfone groups is 1. The van der Waals surface area contributed by atoms with Crippen LogP contribution in [-0.2, 0) is 9.84 Å². The summed E-state index contributed by atoms with van der Waals surface area (Å²) in [5.41, 5.74) is 0.679. The smallest absolute Gasteiger partial charge is 0.175 e. The van der Waals surface area contributed by atoms with Gasteiger partial charge in [-0.3, -0.25) is 0 Å². The molecule has 1 aromatic heterocycles. The lowest BCUT2D eigenvalue weighted by molar-refractivity contribution is 0.302. The number of aliphatic hydroxyl groups excluding tert-OH is 1. The van der Waals surface area contributed by atoms with Crippen LogP contribution in [0.2, 0.25) is 0 Å². The molecule has 6 nitrogen and oxygen atoms in total. The first kappa shape index (κ1) is 14.7. The zero-order chi connectivity index (χ0) is 14.8. The summed E-state index contributed by atoms with van der Waals surface area (Å²) in [6, 6.07) is 4.79. The van der Waals surface area contributed by atoms with Crippen molar-refractivity contribution in [3.63, 3.8) is 0 Å². The number of benzene rings is 1. The Morgan fingerprint density at radius 3 is 2.65 bits per heavy atom. The molecule has 1 N–H and O–H groups in total. The van der Waals surface area contributed by atoms with E-state index in [1.807, 2.05) is 11.8 Å². The van der Waals surface area contributed by atoms with Crippen LogP contribution >= 0.6 is 0 Å². The summed E-state index contributed by atoms with van der Waals surface area (Å²) in [6.07, 6.45) is 2.61. The van der Waals surface area contributed by atoms with Crippen molar-refractivity contribution in [3.8, 4) is 0 Å². The van der Waals surface area contributed by atoms with Crippen LogP contribution < -0.4 is 4.90 Å². The van der Waals surface area contributed by atoms with Crippen molar-refractivity contribution in [1.82, 2.24) is 9.97 Å². The second kappa shape index (κ2) is 5.72. The number of rotatable bonds is 5. The molecule has 0 bridgehead atoms.